The summed E-state index contributed by atoms with van der Waals surface area (Å²) in [5, 5.41) is 12.5. The first-order chi connectivity index (χ1) is 15.1. The number of sulfonamides is 1. The topological polar surface area (TPSA) is 119 Å². The first-order valence-corrected chi connectivity index (χ1v) is 12.5. The Labute approximate surface area is 202 Å². The lowest BCUT2D eigenvalue weighted by Crippen LogP contribution is -2.14. The quantitative estimate of drug-likeness (QED) is 0.352. The van der Waals surface area contributed by atoms with E-state index in [1.807, 2.05) is 18.2 Å². The zero-order chi connectivity index (χ0) is 23.5. The van der Waals surface area contributed by atoms with Gasteiger partial charge < -0.3 is 14.4 Å². The molecule has 32 heavy (non-hydrogen) atoms. The van der Waals surface area contributed by atoms with Crippen molar-refractivity contribution in [1.29, 1.82) is 0 Å². The second-order valence-electron chi connectivity index (χ2n) is 7.03. The number of carboxylic acids is 1. The lowest BCUT2D eigenvalue weighted by atomic mass is 10.1. The van der Waals surface area contributed by atoms with E-state index >= 15 is 0 Å². The fraction of sp³-hybridized carbons (Fsp3) is 0.238. The number of aryl methyl sites for hydroxylation is 3. The Morgan fingerprint density at radius 1 is 1.16 bits per heavy atom. The maximum Gasteiger partial charge on any atom is 0.303 e. The Bertz CT molecular complexity index is 1210. The molecule has 0 aliphatic rings. The third kappa shape index (κ3) is 5.90. The van der Waals surface area contributed by atoms with Gasteiger partial charge in [-0.25, -0.2) is 8.42 Å². The van der Waals surface area contributed by atoms with Crippen LogP contribution in [0, 0.1) is 13.8 Å². The monoisotopic (exact) mass is 586 g/mol. The van der Waals surface area contributed by atoms with Crippen molar-refractivity contribution in [2.75, 3.05) is 4.72 Å². The summed E-state index contributed by atoms with van der Waals surface area (Å²) in [5.74, 6) is -0.0794. The van der Waals surface area contributed by atoms with Crippen LogP contribution in [0.25, 0.3) is 0 Å². The van der Waals surface area contributed by atoms with Crippen LogP contribution in [0.3, 0.4) is 0 Å². The Morgan fingerprint density at radius 2 is 1.84 bits per heavy atom. The molecule has 8 nitrogen and oxygen atoms in total. The molecule has 0 radical (unpaired) electrons. The van der Waals surface area contributed by atoms with E-state index in [0.29, 0.717) is 26.8 Å². The van der Waals surface area contributed by atoms with Crippen molar-refractivity contribution in [2.24, 2.45) is 0 Å². The summed E-state index contributed by atoms with van der Waals surface area (Å²) in [5.41, 5.74) is 2.27. The number of benzene rings is 2. The number of hydrogen-bond donors (Lipinski definition) is 2. The molecule has 0 spiro atoms. The van der Waals surface area contributed by atoms with Gasteiger partial charge in [-0.2, -0.15) is 0 Å². The summed E-state index contributed by atoms with van der Waals surface area (Å²) in [6.07, 6.45) is 0.440. The molecular formula is C21H20Br2N2O6S. The second kappa shape index (κ2) is 10.1. The van der Waals surface area contributed by atoms with Crippen LogP contribution in [0.5, 0.6) is 5.75 Å². The van der Waals surface area contributed by atoms with Gasteiger partial charge in [-0.1, -0.05) is 17.3 Å². The van der Waals surface area contributed by atoms with Crippen molar-refractivity contribution in [3.63, 3.8) is 0 Å². The predicted octanol–water partition coefficient (Wildman–Crippen LogP) is 5.21. The van der Waals surface area contributed by atoms with Gasteiger partial charge in [-0.15, -0.1) is 0 Å². The van der Waals surface area contributed by atoms with Crippen LogP contribution < -0.4 is 9.46 Å². The van der Waals surface area contributed by atoms with E-state index in [0.717, 1.165) is 11.1 Å². The molecule has 0 saturated carbocycles. The summed E-state index contributed by atoms with van der Waals surface area (Å²) in [4.78, 5) is 10.8. The maximum absolute atomic E-state index is 12.7. The van der Waals surface area contributed by atoms with Gasteiger partial charge in [0.1, 0.15) is 18.1 Å². The van der Waals surface area contributed by atoms with Gasteiger partial charge >= 0.3 is 5.97 Å². The van der Waals surface area contributed by atoms with Crippen LogP contribution >= 0.6 is 31.9 Å². The van der Waals surface area contributed by atoms with E-state index in [4.69, 9.17) is 14.4 Å². The standard InChI is InChI=1S/C21H20Br2N2O6S/c1-12-21(13(2)31-24-12)32(28,29)25-16-5-3-4-15(8-16)11-30-20-17(22)9-14(10-18(20)23)6-7-19(26)27/h3-5,8-10,25H,6-7,11H2,1-2H3,(H,26,27). The largest absolute Gasteiger partial charge is 0.487 e. The average Bonchev–Trinajstić information content (AvgIpc) is 3.04. The average molecular weight is 588 g/mol. The van der Waals surface area contributed by atoms with E-state index in [-0.39, 0.29) is 29.4 Å². The number of hydrogen-bond acceptors (Lipinski definition) is 6. The Morgan fingerprint density at radius 3 is 2.44 bits per heavy atom. The first kappa shape index (κ1) is 24.3. The molecule has 2 aromatic carbocycles. The molecule has 1 aromatic heterocycles. The van der Waals surface area contributed by atoms with E-state index in [1.54, 1.807) is 32.0 Å². The first-order valence-electron chi connectivity index (χ1n) is 9.44. The molecular weight excluding hydrogens is 568 g/mol. The van der Waals surface area contributed by atoms with Crippen molar-refractivity contribution in [1.82, 2.24) is 5.16 Å². The number of nitrogens with one attached hydrogen (secondary N) is 1. The number of carbonyl (C=O) groups is 1. The summed E-state index contributed by atoms with van der Waals surface area (Å²) >= 11 is 6.92. The molecule has 2 N–H and O–H groups in total. The lowest BCUT2D eigenvalue weighted by molar-refractivity contribution is -0.136. The smallest absolute Gasteiger partial charge is 0.303 e. The number of nitrogens with zero attached hydrogens (tertiary/aromatic N) is 1. The van der Waals surface area contributed by atoms with Crippen LogP contribution in [0.2, 0.25) is 0 Å². The highest BCUT2D eigenvalue weighted by Crippen LogP contribution is 2.36. The minimum atomic E-state index is -3.85. The van der Waals surface area contributed by atoms with Gasteiger partial charge in [0.2, 0.25) is 0 Å². The predicted molar refractivity (Wildman–Crippen MR) is 125 cm³/mol. The Kier molecular flexibility index (Phi) is 7.63. The molecule has 0 bridgehead atoms. The second-order valence-corrected chi connectivity index (χ2v) is 10.4. The van der Waals surface area contributed by atoms with Crippen LogP contribution in [0.1, 0.15) is 29.0 Å². The molecule has 0 unspecified atom stereocenters. The minimum Gasteiger partial charge on any atom is -0.487 e. The molecule has 11 heteroatoms. The maximum atomic E-state index is 12.7. The molecule has 170 valence electrons. The van der Waals surface area contributed by atoms with Gasteiger partial charge in [0.25, 0.3) is 10.0 Å². The number of aliphatic carboxylic acids is 1. The van der Waals surface area contributed by atoms with Gasteiger partial charge in [0.05, 0.1) is 8.95 Å². The molecule has 3 rings (SSSR count). The van der Waals surface area contributed by atoms with Crippen LogP contribution in [0.15, 0.2) is 54.8 Å². The lowest BCUT2D eigenvalue weighted by Gasteiger charge is -2.13. The number of aromatic nitrogens is 1. The number of ether oxygens (including phenoxy) is 1. The third-order valence-electron chi connectivity index (χ3n) is 4.48. The Balaban J connectivity index is 1.72. The SMILES string of the molecule is Cc1noc(C)c1S(=O)(=O)Nc1cccc(COc2c(Br)cc(CCC(=O)O)cc2Br)c1. The van der Waals surface area contributed by atoms with Crippen LogP contribution in [-0.2, 0) is 27.8 Å². The molecule has 1 heterocycles. The fourth-order valence-electron chi connectivity index (χ4n) is 3.09. The third-order valence-corrected chi connectivity index (χ3v) is 7.29. The number of halogens is 2. The summed E-state index contributed by atoms with van der Waals surface area (Å²) < 4.78 is 40.2. The van der Waals surface area contributed by atoms with E-state index in [2.05, 4.69) is 41.7 Å². The number of carboxylic acid groups (broad SMARTS) is 1. The molecule has 0 aliphatic carbocycles. The summed E-state index contributed by atoms with van der Waals surface area (Å²) in [7, 11) is -3.85. The van der Waals surface area contributed by atoms with Crippen molar-refractivity contribution >= 4 is 53.5 Å². The Hall–Kier alpha value is -2.37. The van der Waals surface area contributed by atoms with Gasteiger partial charge in [0, 0.05) is 12.1 Å². The van der Waals surface area contributed by atoms with Crippen molar-refractivity contribution in [3.8, 4) is 5.75 Å². The highest BCUT2D eigenvalue weighted by Gasteiger charge is 2.24. The van der Waals surface area contributed by atoms with E-state index in [1.165, 1.54) is 0 Å². The van der Waals surface area contributed by atoms with Crippen molar-refractivity contribution < 1.29 is 27.6 Å². The summed E-state index contributed by atoms with van der Waals surface area (Å²) in [6, 6.07) is 10.5. The van der Waals surface area contributed by atoms with Gasteiger partial charge in [0.15, 0.2) is 10.7 Å². The minimum absolute atomic E-state index is 0.0231. The molecule has 0 saturated heterocycles. The zero-order valence-corrected chi connectivity index (χ0v) is 21.2. The highest BCUT2D eigenvalue weighted by atomic mass is 79.9. The van der Waals surface area contributed by atoms with Crippen LogP contribution in [-0.4, -0.2) is 24.7 Å². The van der Waals surface area contributed by atoms with Gasteiger partial charge in [-0.05, 0) is 87.5 Å². The number of rotatable bonds is 9. The summed E-state index contributed by atoms with van der Waals surface area (Å²) in [6.45, 7) is 3.30. The molecule has 0 aliphatic heterocycles. The van der Waals surface area contributed by atoms with Crippen molar-refractivity contribution in [3.05, 3.63) is 67.9 Å². The van der Waals surface area contributed by atoms with E-state index in [9.17, 15) is 13.2 Å². The fourth-order valence-corrected chi connectivity index (χ4v) is 5.98. The zero-order valence-electron chi connectivity index (χ0n) is 17.2. The van der Waals surface area contributed by atoms with E-state index < -0.39 is 16.0 Å². The molecule has 0 fully saturated rings. The molecule has 0 atom stereocenters. The molecule has 3 aromatic rings. The van der Waals surface area contributed by atoms with Crippen LogP contribution in [0.4, 0.5) is 5.69 Å². The number of anilines is 1. The highest BCUT2D eigenvalue weighted by molar-refractivity contribution is 9.11. The molecule has 0 amide bonds. The normalized spacial score (nSPS) is 11.4. The van der Waals surface area contributed by atoms with Crippen molar-refractivity contribution in [2.45, 2.75) is 38.2 Å². The van der Waals surface area contributed by atoms with Gasteiger partial charge in [-0.3, -0.25) is 9.52 Å².